The van der Waals surface area contributed by atoms with Crippen molar-refractivity contribution in [1.29, 1.82) is 0 Å². The summed E-state index contributed by atoms with van der Waals surface area (Å²) in [5.74, 6) is 1.22. The molecule has 0 radical (unpaired) electrons. The molecule has 3 heterocycles. The Hall–Kier alpha value is -1.60. The molecule has 2 N–H and O–H groups in total. The first-order chi connectivity index (χ1) is 11.6. The molecule has 0 spiro atoms. The SMILES string of the molecule is Cc1cc(CC(=O)N2CCCC(CNC(=O)C3CCCN3)C2)no1.Cl. The third-order valence-corrected chi connectivity index (χ3v) is 4.82. The zero-order chi connectivity index (χ0) is 16.9. The van der Waals surface area contributed by atoms with Gasteiger partial charge in [0.1, 0.15) is 5.76 Å². The normalized spacial score (nSPS) is 23.2. The Labute approximate surface area is 154 Å². The van der Waals surface area contributed by atoms with Crippen LogP contribution in [0.15, 0.2) is 10.6 Å². The van der Waals surface area contributed by atoms with Crippen LogP contribution in [0.2, 0.25) is 0 Å². The van der Waals surface area contributed by atoms with Crippen molar-refractivity contribution in [1.82, 2.24) is 20.7 Å². The molecule has 8 heteroatoms. The number of rotatable bonds is 5. The maximum Gasteiger partial charge on any atom is 0.237 e. The summed E-state index contributed by atoms with van der Waals surface area (Å²) >= 11 is 0. The first kappa shape index (κ1) is 19.7. The van der Waals surface area contributed by atoms with E-state index in [1.807, 2.05) is 11.8 Å². The molecule has 7 nitrogen and oxygen atoms in total. The molecule has 25 heavy (non-hydrogen) atoms. The molecule has 0 aromatic carbocycles. The monoisotopic (exact) mass is 370 g/mol. The second-order valence-electron chi connectivity index (χ2n) is 6.85. The quantitative estimate of drug-likeness (QED) is 0.809. The smallest absolute Gasteiger partial charge is 0.237 e. The fourth-order valence-electron chi connectivity index (χ4n) is 3.50. The first-order valence-electron chi connectivity index (χ1n) is 8.83. The molecule has 0 aliphatic carbocycles. The summed E-state index contributed by atoms with van der Waals surface area (Å²) in [6.07, 6.45) is 4.28. The van der Waals surface area contributed by atoms with E-state index in [1.54, 1.807) is 6.07 Å². The summed E-state index contributed by atoms with van der Waals surface area (Å²) in [4.78, 5) is 26.4. The van der Waals surface area contributed by atoms with Crippen molar-refractivity contribution in [2.75, 3.05) is 26.2 Å². The number of amides is 2. The maximum absolute atomic E-state index is 12.4. The Kier molecular flexibility index (Phi) is 7.25. The molecule has 1 aromatic rings. The average molecular weight is 371 g/mol. The van der Waals surface area contributed by atoms with Crippen molar-refractivity contribution in [2.45, 2.75) is 45.1 Å². The summed E-state index contributed by atoms with van der Waals surface area (Å²) < 4.78 is 5.01. The van der Waals surface area contributed by atoms with Crippen LogP contribution in [0.5, 0.6) is 0 Å². The van der Waals surface area contributed by atoms with E-state index >= 15 is 0 Å². The Morgan fingerprint density at radius 2 is 2.24 bits per heavy atom. The Bertz CT molecular complexity index is 586. The first-order valence-corrected chi connectivity index (χ1v) is 8.83. The number of hydrogen-bond acceptors (Lipinski definition) is 5. The zero-order valence-electron chi connectivity index (χ0n) is 14.6. The predicted octanol–water partition coefficient (Wildman–Crippen LogP) is 1.05. The molecular weight excluding hydrogens is 344 g/mol. The highest BCUT2D eigenvalue weighted by molar-refractivity contribution is 5.85. The highest BCUT2D eigenvalue weighted by Crippen LogP contribution is 2.17. The number of hydrogen-bond donors (Lipinski definition) is 2. The molecule has 0 saturated carbocycles. The van der Waals surface area contributed by atoms with Gasteiger partial charge in [-0.2, -0.15) is 0 Å². The van der Waals surface area contributed by atoms with Gasteiger partial charge in [-0.1, -0.05) is 5.16 Å². The van der Waals surface area contributed by atoms with Crippen molar-refractivity contribution in [2.24, 2.45) is 5.92 Å². The third-order valence-electron chi connectivity index (χ3n) is 4.82. The van der Waals surface area contributed by atoms with Gasteiger partial charge in [0.15, 0.2) is 0 Å². The fourth-order valence-corrected chi connectivity index (χ4v) is 3.50. The molecular formula is C17H27ClN4O3. The van der Waals surface area contributed by atoms with E-state index in [1.165, 1.54) is 0 Å². The number of aryl methyl sites for hydroxylation is 1. The number of halogens is 1. The van der Waals surface area contributed by atoms with Gasteiger partial charge in [0, 0.05) is 25.7 Å². The van der Waals surface area contributed by atoms with Gasteiger partial charge in [0.2, 0.25) is 11.8 Å². The number of carbonyl (C=O) groups excluding carboxylic acids is 2. The summed E-state index contributed by atoms with van der Waals surface area (Å²) in [6.45, 7) is 4.87. The molecule has 140 valence electrons. The van der Waals surface area contributed by atoms with Crippen LogP contribution >= 0.6 is 12.4 Å². The van der Waals surface area contributed by atoms with Crippen molar-refractivity contribution in [3.63, 3.8) is 0 Å². The van der Waals surface area contributed by atoms with Gasteiger partial charge < -0.3 is 20.1 Å². The lowest BCUT2D eigenvalue weighted by Crippen LogP contribution is -2.47. The Balaban J connectivity index is 0.00000225. The van der Waals surface area contributed by atoms with E-state index in [-0.39, 0.29) is 36.7 Å². The molecule has 2 atom stereocenters. The number of nitrogens with zero attached hydrogens (tertiary/aromatic N) is 2. The van der Waals surface area contributed by atoms with Gasteiger partial charge in [-0.15, -0.1) is 12.4 Å². The number of piperidine rings is 1. The van der Waals surface area contributed by atoms with Crippen molar-refractivity contribution in [3.05, 3.63) is 17.5 Å². The largest absolute Gasteiger partial charge is 0.361 e. The van der Waals surface area contributed by atoms with Gasteiger partial charge in [-0.3, -0.25) is 9.59 Å². The summed E-state index contributed by atoms with van der Waals surface area (Å²) in [5.41, 5.74) is 0.681. The summed E-state index contributed by atoms with van der Waals surface area (Å²) in [5, 5.41) is 10.1. The zero-order valence-corrected chi connectivity index (χ0v) is 15.4. The van der Waals surface area contributed by atoms with E-state index in [0.29, 0.717) is 24.7 Å². The van der Waals surface area contributed by atoms with Gasteiger partial charge in [-0.25, -0.2) is 0 Å². The van der Waals surface area contributed by atoms with Crippen LogP contribution in [-0.4, -0.2) is 54.1 Å². The summed E-state index contributed by atoms with van der Waals surface area (Å²) in [7, 11) is 0. The lowest BCUT2D eigenvalue weighted by molar-refractivity contribution is -0.132. The molecule has 3 rings (SSSR count). The van der Waals surface area contributed by atoms with Crippen molar-refractivity contribution < 1.29 is 14.1 Å². The molecule has 0 bridgehead atoms. The van der Waals surface area contributed by atoms with Crippen LogP contribution in [0.25, 0.3) is 0 Å². The van der Waals surface area contributed by atoms with E-state index in [0.717, 1.165) is 44.5 Å². The average Bonchev–Trinajstić information content (AvgIpc) is 3.25. The Morgan fingerprint density at radius 3 is 2.92 bits per heavy atom. The van der Waals surface area contributed by atoms with Gasteiger partial charge in [0.05, 0.1) is 18.2 Å². The van der Waals surface area contributed by atoms with Crippen LogP contribution in [0.3, 0.4) is 0 Å². The molecule has 2 unspecified atom stereocenters. The predicted molar refractivity (Wildman–Crippen MR) is 95.5 cm³/mol. The second kappa shape index (κ2) is 9.20. The summed E-state index contributed by atoms with van der Waals surface area (Å²) in [6, 6.07) is 1.76. The lowest BCUT2D eigenvalue weighted by atomic mass is 9.97. The minimum Gasteiger partial charge on any atom is -0.361 e. The molecule has 2 amide bonds. The molecule has 2 saturated heterocycles. The third kappa shape index (κ3) is 5.44. The molecule has 2 fully saturated rings. The van der Waals surface area contributed by atoms with E-state index < -0.39 is 0 Å². The number of likely N-dealkylation sites (tertiary alicyclic amines) is 1. The van der Waals surface area contributed by atoms with Crippen LogP contribution in [-0.2, 0) is 16.0 Å². The molecule has 2 aliphatic heterocycles. The second-order valence-corrected chi connectivity index (χ2v) is 6.85. The van der Waals surface area contributed by atoms with E-state index in [4.69, 9.17) is 4.52 Å². The maximum atomic E-state index is 12.4. The van der Waals surface area contributed by atoms with Crippen LogP contribution in [0, 0.1) is 12.8 Å². The van der Waals surface area contributed by atoms with Crippen LogP contribution < -0.4 is 10.6 Å². The Morgan fingerprint density at radius 1 is 1.40 bits per heavy atom. The minimum atomic E-state index is -0.0401. The highest BCUT2D eigenvalue weighted by atomic mass is 35.5. The van der Waals surface area contributed by atoms with Crippen LogP contribution in [0.4, 0.5) is 0 Å². The molecule has 2 aliphatic rings. The minimum absolute atomic E-state index is 0. The fraction of sp³-hybridized carbons (Fsp3) is 0.706. The topological polar surface area (TPSA) is 87.5 Å². The van der Waals surface area contributed by atoms with Gasteiger partial charge >= 0.3 is 0 Å². The standard InChI is InChI=1S/C17H26N4O3.ClH/c1-12-8-14(20-24-12)9-16(22)21-7-3-4-13(11-21)10-19-17(23)15-5-2-6-18-15;/h8,13,15,18H,2-7,9-11H2,1H3,(H,19,23);1H. The highest BCUT2D eigenvalue weighted by Gasteiger charge is 2.26. The van der Waals surface area contributed by atoms with Crippen molar-refractivity contribution in [3.8, 4) is 0 Å². The lowest BCUT2D eigenvalue weighted by Gasteiger charge is -2.33. The van der Waals surface area contributed by atoms with Crippen molar-refractivity contribution >= 4 is 24.2 Å². The molecule has 1 aromatic heterocycles. The number of aromatic nitrogens is 1. The van der Waals surface area contributed by atoms with E-state index in [9.17, 15) is 9.59 Å². The van der Waals surface area contributed by atoms with Crippen LogP contribution in [0.1, 0.15) is 37.1 Å². The van der Waals surface area contributed by atoms with Gasteiger partial charge in [-0.05, 0) is 45.1 Å². The van der Waals surface area contributed by atoms with Gasteiger partial charge in [0.25, 0.3) is 0 Å². The van der Waals surface area contributed by atoms with E-state index in [2.05, 4.69) is 15.8 Å². The number of nitrogens with one attached hydrogen (secondary N) is 2. The number of carbonyl (C=O) groups is 2.